The maximum atomic E-state index is 12.2. The van der Waals surface area contributed by atoms with Gasteiger partial charge in [-0.15, -0.1) is 24.0 Å². The molecule has 0 atom stereocenters. The first-order valence-electron chi connectivity index (χ1n) is 8.78. The third-order valence-electron chi connectivity index (χ3n) is 3.34. The van der Waals surface area contributed by atoms with Gasteiger partial charge in [0.1, 0.15) is 12.4 Å². The molecule has 0 radical (unpaired) electrons. The van der Waals surface area contributed by atoms with Crippen LogP contribution in [0.3, 0.4) is 0 Å². The summed E-state index contributed by atoms with van der Waals surface area (Å²) >= 11 is 0. The van der Waals surface area contributed by atoms with Gasteiger partial charge in [-0.2, -0.15) is 13.2 Å². The average molecular weight is 506 g/mol. The first kappa shape index (κ1) is 26.0. The van der Waals surface area contributed by atoms with Gasteiger partial charge in [0, 0.05) is 26.2 Å². The minimum Gasteiger partial charge on any atom is -0.467 e. The Morgan fingerprint density at radius 1 is 1.30 bits per heavy atom. The quantitative estimate of drug-likeness (QED) is 0.197. The van der Waals surface area contributed by atoms with Gasteiger partial charge in [-0.25, -0.2) is 0 Å². The molecule has 6 nitrogen and oxygen atoms in total. The zero-order chi connectivity index (χ0) is 19.3. The molecule has 1 aromatic heterocycles. The fraction of sp³-hybridized carbons (Fsp3) is 0.706. The lowest BCUT2D eigenvalue weighted by molar-refractivity contribution is -0.143. The van der Waals surface area contributed by atoms with Gasteiger partial charge in [0.25, 0.3) is 0 Å². The molecule has 0 aliphatic rings. The Kier molecular flexibility index (Phi) is 14.4. The normalized spacial score (nSPS) is 12.1. The molecule has 0 amide bonds. The third kappa shape index (κ3) is 14.7. The van der Waals surface area contributed by atoms with Gasteiger partial charge in [-0.05, 0) is 45.5 Å². The van der Waals surface area contributed by atoms with E-state index in [4.69, 9.17) is 9.15 Å². The van der Waals surface area contributed by atoms with Crippen LogP contribution >= 0.6 is 24.0 Å². The van der Waals surface area contributed by atoms with Gasteiger partial charge >= 0.3 is 6.18 Å². The van der Waals surface area contributed by atoms with E-state index in [-0.39, 0.29) is 24.0 Å². The molecule has 0 unspecified atom stereocenters. The average Bonchev–Trinajstić information content (AvgIpc) is 3.06. The molecule has 0 aliphatic carbocycles. The van der Waals surface area contributed by atoms with Crippen LogP contribution in [0.4, 0.5) is 13.2 Å². The zero-order valence-corrected chi connectivity index (χ0v) is 18.2. The summed E-state index contributed by atoms with van der Waals surface area (Å²) in [6, 6.07) is 3.68. The summed E-state index contributed by atoms with van der Waals surface area (Å²) in [5.41, 5.74) is 0. The number of alkyl halides is 3. The molecule has 0 spiro atoms. The molecule has 0 saturated carbocycles. The van der Waals surface area contributed by atoms with Crippen LogP contribution in [-0.4, -0.2) is 63.4 Å². The van der Waals surface area contributed by atoms with E-state index in [1.165, 1.54) is 11.9 Å². The Balaban J connectivity index is 0.00000676. The van der Waals surface area contributed by atoms with E-state index in [0.29, 0.717) is 45.2 Å². The lowest BCUT2D eigenvalue weighted by Gasteiger charge is -2.18. The van der Waals surface area contributed by atoms with E-state index in [0.717, 1.165) is 18.7 Å². The van der Waals surface area contributed by atoms with Crippen molar-refractivity contribution in [2.75, 3.05) is 46.4 Å². The number of nitrogens with one attached hydrogen (secondary N) is 2. The van der Waals surface area contributed by atoms with Gasteiger partial charge in [-0.1, -0.05) is 0 Å². The van der Waals surface area contributed by atoms with Crippen LogP contribution in [0.1, 0.15) is 25.5 Å². The van der Waals surface area contributed by atoms with Crippen LogP contribution < -0.4 is 10.6 Å². The molecule has 27 heavy (non-hydrogen) atoms. The first-order valence-corrected chi connectivity index (χ1v) is 8.78. The van der Waals surface area contributed by atoms with Crippen molar-refractivity contribution in [1.29, 1.82) is 0 Å². The minimum atomic E-state index is -4.16. The maximum absolute atomic E-state index is 12.2. The Bertz CT molecular complexity index is 499. The molecule has 1 heterocycles. The lowest BCUT2D eigenvalue weighted by Crippen LogP contribution is -2.39. The van der Waals surface area contributed by atoms with Crippen molar-refractivity contribution >= 4 is 29.9 Å². The molecule has 10 heteroatoms. The van der Waals surface area contributed by atoms with Crippen molar-refractivity contribution in [3.05, 3.63) is 24.2 Å². The minimum absolute atomic E-state index is 0. The number of furan rings is 1. The summed E-state index contributed by atoms with van der Waals surface area (Å²) in [4.78, 5) is 5.69. The molecule has 0 fully saturated rings. The van der Waals surface area contributed by atoms with Crippen LogP contribution in [0, 0.1) is 0 Å². The topological polar surface area (TPSA) is 62.0 Å². The van der Waals surface area contributed by atoms with Crippen molar-refractivity contribution in [1.82, 2.24) is 15.5 Å². The summed E-state index contributed by atoms with van der Waals surface area (Å²) in [7, 11) is 1.47. The number of nitrogens with zero attached hydrogens (tertiary/aromatic N) is 2. The first-order chi connectivity index (χ1) is 12.4. The monoisotopic (exact) mass is 506 g/mol. The van der Waals surface area contributed by atoms with E-state index >= 15 is 0 Å². The molecule has 158 valence electrons. The predicted octanol–water partition coefficient (Wildman–Crippen LogP) is 3.24. The van der Waals surface area contributed by atoms with Crippen LogP contribution in [0.15, 0.2) is 27.8 Å². The Morgan fingerprint density at radius 3 is 2.70 bits per heavy atom. The highest BCUT2D eigenvalue weighted by Crippen LogP contribution is 2.15. The Morgan fingerprint density at radius 2 is 2.07 bits per heavy atom. The summed E-state index contributed by atoms with van der Waals surface area (Å²) in [5.74, 6) is 1.45. The van der Waals surface area contributed by atoms with Gasteiger partial charge in [0.15, 0.2) is 5.96 Å². The van der Waals surface area contributed by atoms with Crippen molar-refractivity contribution in [2.24, 2.45) is 4.99 Å². The van der Waals surface area contributed by atoms with Gasteiger partial charge in [0.2, 0.25) is 0 Å². The number of ether oxygens (including phenoxy) is 1. The van der Waals surface area contributed by atoms with Crippen LogP contribution in [-0.2, 0) is 11.3 Å². The molecule has 0 aromatic carbocycles. The van der Waals surface area contributed by atoms with Crippen LogP contribution in [0.25, 0.3) is 0 Å². The highest BCUT2D eigenvalue weighted by atomic mass is 127. The molecule has 0 aliphatic heterocycles. The van der Waals surface area contributed by atoms with Gasteiger partial charge in [0.05, 0.1) is 12.8 Å². The second-order valence-corrected chi connectivity index (χ2v) is 5.88. The molecule has 1 aromatic rings. The largest absolute Gasteiger partial charge is 0.467 e. The van der Waals surface area contributed by atoms with E-state index in [9.17, 15) is 13.2 Å². The molecule has 2 N–H and O–H groups in total. The van der Waals surface area contributed by atoms with Crippen molar-refractivity contribution in [2.45, 2.75) is 32.5 Å². The zero-order valence-electron chi connectivity index (χ0n) is 15.8. The fourth-order valence-electron chi connectivity index (χ4n) is 2.21. The Labute approximate surface area is 175 Å². The lowest BCUT2D eigenvalue weighted by atomic mass is 10.4. The highest BCUT2D eigenvalue weighted by molar-refractivity contribution is 14.0. The molecule has 0 bridgehead atoms. The standard InChI is InChI=1S/C17H29F3N4O2.HI/c1-3-21-16(22-8-5-10-24(2)14-17(18,19)20)23-9-6-11-25-13-15-7-4-12-26-15;/h4,7,12H,3,5-6,8-11,13-14H2,1-2H3,(H2,21,22,23);1H. The number of rotatable bonds is 12. The van der Waals surface area contributed by atoms with E-state index < -0.39 is 12.7 Å². The van der Waals surface area contributed by atoms with E-state index in [1.54, 1.807) is 6.26 Å². The second-order valence-electron chi connectivity index (χ2n) is 5.88. The molecule has 1 rings (SSSR count). The molecular weight excluding hydrogens is 476 g/mol. The van der Waals surface area contributed by atoms with Crippen molar-refractivity contribution in [3.8, 4) is 0 Å². The predicted molar refractivity (Wildman–Crippen MR) is 111 cm³/mol. The number of halogens is 4. The van der Waals surface area contributed by atoms with E-state index in [1.807, 2.05) is 19.1 Å². The molecule has 0 saturated heterocycles. The summed E-state index contributed by atoms with van der Waals surface area (Å²) < 4.78 is 47.4. The maximum Gasteiger partial charge on any atom is 0.401 e. The fourth-order valence-corrected chi connectivity index (χ4v) is 2.21. The number of hydrogen-bond donors (Lipinski definition) is 2. The van der Waals surface area contributed by atoms with Crippen LogP contribution in [0.2, 0.25) is 0 Å². The SMILES string of the molecule is CCNC(=NCCCOCc1ccco1)NCCCN(C)CC(F)(F)F.I. The number of aliphatic imine (C=N–C) groups is 1. The second kappa shape index (κ2) is 15.0. The molecular formula is C17H30F3IN4O2. The Hall–Kier alpha value is -1.01. The van der Waals surface area contributed by atoms with Crippen molar-refractivity contribution < 1.29 is 22.3 Å². The summed E-state index contributed by atoms with van der Waals surface area (Å²) in [5, 5.41) is 6.24. The number of hydrogen-bond acceptors (Lipinski definition) is 4. The van der Waals surface area contributed by atoms with Crippen LogP contribution in [0.5, 0.6) is 0 Å². The summed E-state index contributed by atoms with van der Waals surface area (Å²) in [6.45, 7) is 4.33. The highest BCUT2D eigenvalue weighted by Gasteiger charge is 2.28. The van der Waals surface area contributed by atoms with E-state index in [2.05, 4.69) is 15.6 Å². The number of guanidine groups is 1. The summed E-state index contributed by atoms with van der Waals surface area (Å²) in [6.07, 6.45) is -1.18. The van der Waals surface area contributed by atoms with Crippen molar-refractivity contribution in [3.63, 3.8) is 0 Å². The van der Waals surface area contributed by atoms with Gasteiger partial charge in [-0.3, -0.25) is 9.89 Å². The van der Waals surface area contributed by atoms with Gasteiger partial charge < -0.3 is 19.8 Å². The third-order valence-corrected chi connectivity index (χ3v) is 3.34. The smallest absolute Gasteiger partial charge is 0.401 e.